The van der Waals surface area contributed by atoms with Crippen molar-refractivity contribution in [1.82, 2.24) is 0 Å². The Morgan fingerprint density at radius 1 is 0.370 bits per heavy atom. The molecule has 222 valence electrons. The summed E-state index contributed by atoms with van der Waals surface area (Å²) in [5.74, 6) is 0. The van der Waals surface area contributed by atoms with Crippen LogP contribution in [-0.2, 0) is 0 Å². The molecule has 10 heteroatoms. The summed E-state index contributed by atoms with van der Waals surface area (Å²) in [7, 11) is 0. The molecule has 0 atom stereocenters. The van der Waals surface area contributed by atoms with Crippen molar-refractivity contribution < 1.29 is 0 Å². The average molecular weight is 849 g/mol. The highest BCUT2D eigenvalue weighted by Gasteiger charge is 2.49. The third kappa shape index (κ3) is 4.36. The molecule has 0 saturated heterocycles. The van der Waals surface area contributed by atoms with Crippen LogP contribution in [0.1, 0.15) is 0 Å². The van der Waals surface area contributed by atoms with Gasteiger partial charge in [0.25, 0.3) is 6.71 Å². The molecule has 6 aromatic rings. The summed E-state index contributed by atoms with van der Waals surface area (Å²) in [4.78, 5) is 6.89. The molecule has 0 saturated carbocycles. The fraction of sp³-hybridized carbons (Fsp3) is 0. The number of halogens is 6. The molecule has 0 bridgehead atoms. The highest BCUT2D eigenvalue weighted by Crippen LogP contribution is 2.52. The van der Waals surface area contributed by atoms with E-state index in [4.69, 9.17) is 34.8 Å². The Kier molecular flexibility index (Phi) is 6.87. The molecule has 0 aliphatic carbocycles. The van der Waals surface area contributed by atoms with E-state index < -0.39 is 0 Å². The maximum atomic E-state index is 7.03. The second-order valence-electron chi connectivity index (χ2n) is 11.4. The van der Waals surface area contributed by atoms with Gasteiger partial charge in [-0.15, -0.1) is 0 Å². The quantitative estimate of drug-likeness (QED) is 0.164. The van der Waals surface area contributed by atoms with Crippen molar-refractivity contribution in [2.45, 2.75) is 0 Å². The maximum Gasteiger partial charge on any atom is 0.257 e. The van der Waals surface area contributed by atoms with Gasteiger partial charge < -0.3 is 14.7 Å². The zero-order valence-corrected chi connectivity index (χ0v) is 30.6. The predicted molar refractivity (Wildman–Crippen MR) is 207 cm³/mol. The molecule has 0 N–H and O–H groups in total. The minimum absolute atomic E-state index is 0.0862. The van der Waals surface area contributed by atoms with Crippen molar-refractivity contribution in [3.8, 4) is 0 Å². The van der Waals surface area contributed by atoms with Crippen LogP contribution < -0.4 is 31.1 Å². The second-order valence-corrected chi connectivity index (χ2v) is 15.5. The van der Waals surface area contributed by atoms with E-state index in [2.05, 4.69) is 172 Å². The van der Waals surface area contributed by atoms with Gasteiger partial charge in [-0.25, -0.2) is 0 Å². The largest absolute Gasteiger partial charge is 0.311 e. The standard InChI is InChI=1S/C36H18BBr3Cl3N3/c38-19-1-7-25(8-2-19)44-28-13-22(41)15-30-34(28)37-35-29(44)14-23(42)16-31(35)46(27-11-5-21(40)6-12-27)33-18-24(43)17-32(36(33)37)45(30)26-9-3-20(39)4-10-26/h1-18H. The van der Waals surface area contributed by atoms with Gasteiger partial charge in [0.05, 0.1) is 0 Å². The Labute approximate surface area is 306 Å². The first kappa shape index (κ1) is 29.3. The van der Waals surface area contributed by atoms with Crippen LogP contribution in [0, 0.1) is 0 Å². The summed E-state index contributed by atoms with van der Waals surface area (Å²) in [6.45, 7) is -0.0862. The average Bonchev–Trinajstić information content (AvgIpc) is 3.02. The van der Waals surface area contributed by atoms with E-state index in [0.717, 1.165) is 64.6 Å². The van der Waals surface area contributed by atoms with Crippen molar-refractivity contribution in [1.29, 1.82) is 0 Å². The van der Waals surface area contributed by atoms with Crippen molar-refractivity contribution in [2.75, 3.05) is 14.7 Å². The van der Waals surface area contributed by atoms with Crippen LogP contribution in [0.25, 0.3) is 0 Å². The van der Waals surface area contributed by atoms with E-state index in [1.165, 1.54) is 16.4 Å². The third-order valence-corrected chi connectivity index (χ3v) is 11.1. The number of hydrogen-bond acceptors (Lipinski definition) is 3. The van der Waals surface area contributed by atoms with Crippen molar-refractivity contribution in [3.63, 3.8) is 0 Å². The summed E-state index contributed by atoms with van der Waals surface area (Å²) in [5.41, 5.74) is 12.7. The summed E-state index contributed by atoms with van der Waals surface area (Å²) < 4.78 is 3.02. The van der Waals surface area contributed by atoms with Gasteiger partial charge in [0.1, 0.15) is 0 Å². The normalized spacial score (nSPS) is 13.7. The second kappa shape index (κ2) is 10.8. The first-order valence-corrected chi connectivity index (χ1v) is 18.0. The highest BCUT2D eigenvalue weighted by atomic mass is 79.9. The highest BCUT2D eigenvalue weighted by molar-refractivity contribution is 9.11. The molecule has 3 aliphatic heterocycles. The molecule has 0 fully saturated rings. The van der Waals surface area contributed by atoms with Gasteiger partial charge >= 0.3 is 0 Å². The Morgan fingerprint density at radius 3 is 0.804 bits per heavy atom. The van der Waals surface area contributed by atoms with Crippen LogP contribution in [0.2, 0.25) is 15.1 Å². The topological polar surface area (TPSA) is 9.72 Å². The van der Waals surface area contributed by atoms with E-state index in [-0.39, 0.29) is 6.71 Å². The Hall–Kier alpha value is -2.91. The minimum atomic E-state index is -0.0862. The first-order valence-electron chi connectivity index (χ1n) is 14.4. The molecule has 3 heterocycles. The van der Waals surface area contributed by atoms with Crippen molar-refractivity contribution in [3.05, 3.63) is 138 Å². The predicted octanol–water partition coefficient (Wildman–Crippen LogP) is 11.8. The van der Waals surface area contributed by atoms with E-state index in [9.17, 15) is 0 Å². The Morgan fingerprint density at radius 2 is 0.587 bits per heavy atom. The lowest BCUT2D eigenvalue weighted by Gasteiger charge is -2.49. The van der Waals surface area contributed by atoms with Crippen LogP contribution in [0.4, 0.5) is 51.2 Å². The number of benzene rings is 6. The molecular weight excluding hydrogens is 831 g/mol. The molecule has 0 radical (unpaired) electrons. The fourth-order valence-electron chi connectivity index (χ4n) is 7.19. The van der Waals surface area contributed by atoms with E-state index in [1.54, 1.807) is 0 Å². The molecular formula is C36H18BBr3Cl3N3. The number of rotatable bonds is 3. The van der Waals surface area contributed by atoms with Gasteiger partial charge in [-0.3, -0.25) is 0 Å². The van der Waals surface area contributed by atoms with E-state index >= 15 is 0 Å². The maximum absolute atomic E-state index is 7.03. The van der Waals surface area contributed by atoms with Crippen molar-refractivity contribution >= 4 is 157 Å². The number of anilines is 9. The van der Waals surface area contributed by atoms with Gasteiger partial charge in [-0.2, -0.15) is 0 Å². The van der Waals surface area contributed by atoms with Crippen LogP contribution >= 0.6 is 82.6 Å². The molecule has 0 unspecified atom stereocenters. The molecule has 3 nitrogen and oxygen atoms in total. The van der Waals surface area contributed by atoms with Crippen LogP contribution in [0.5, 0.6) is 0 Å². The lowest BCUT2D eigenvalue weighted by Crippen LogP contribution is -2.64. The van der Waals surface area contributed by atoms with E-state index in [1.807, 2.05) is 0 Å². The third-order valence-electron chi connectivity index (χ3n) is 8.87. The molecule has 9 rings (SSSR count). The number of hydrogen-bond donors (Lipinski definition) is 0. The number of nitrogens with zero attached hydrogens (tertiary/aromatic N) is 3. The van der Waals surface area contributed by atoms with Gasteiger partial charge in [0.15, 0.2) is 0 Å². The summed E-state index contributed by atoms with van der Waals surface area (Å²) in [6.07, 6.45) is 0. The van der Waals surface area contributed by atoms with Gasteiger partial charge in [-0.05, 0) is 126 Å². The van der Waals surface area contributed by atoms with Crippen molar-refractivity contribution in [2.24, 2.45) is 0 Å². The molecule has 0 spiro atoms. The van der Waals surface area contributed by atoms with Gasteiger partial charge in [0.2, 0.25) is 0 Å². The molecule has 6 aromatic carbocycles. The van der Waals surface area contributed by atoms with Crippen LogP contribution in [-0.4, -0.2) is 6.71 Å². The van der Waals surface area contributed by atoms with Crippen LogP contribution in [0.3, 0.4) is 0 Å². The smallest absolute Gasteiger partial charge is 0.257 e. The summed E-state index contributed by atoms with van der Waals surface area (Å²) in [6, 6.07) is 37.6. The first-order chi connectivity index (χ1) is 22.3. The Bertz CT molecular complexity index is 1920. The van der Waals surface area contributed by atoms with Gasteiger partial charge in [0, 0.05) is 79.7 Å². The SMILES string of the molecule is Clc1cc2c3c(c1)N(c1ccc(Br)cc1)c1cc(Cl)cc4c1B3c1c(cc(Cl)cc1N4c1ccc(Br)cc1)N2c1ccc(Br)cc1. The molecule has 0 amide bonds. The lowest BCUT2D eigenvalue weighted by atomic mass is 9.32. The zero-order valence-electron chi connectivity index (χ0n) is 23.6. The van der Waals surface area contributed by atoms with Gasteiger partial charge in [-0.1, -0.05) is 82.6 Å². The molecule has 3 aliphatic rings. The minimum Gasteiger partial charge on any atom is -0.311 e. The van der Waals surface area contributed by atoms with E-state index in [0.29, 0.717) is 15.1 Å². The lowest BCUT2D eigenvalue weighted by molar-refractivity contribution is 1.22. The summed E-state index contributed by atoms with van der Waals surface area (Å²) >= 11 is 32.0. The molecule has 0 aromatic heterocycles. The summed E-state index contributed by atoms with van der Waals surface area (Å²) in [5, 5.41) is 1.92. The van der Waals surface area contributed by atoms with Crippen LogP contribution in [0.15, 0.2) is 123 Å². The Balaban J connectivity index is 1.45. The fourth-order valence-corrected chi connectivity index (χ4v) is 8.61. The molecule has 46 heavy (non-hydrogen) atoms. The zero-order chi connectivity index (χ0) is 31.4. The monoisotopic (exact) mass is 845 g/mol.